The summed E-state index contributed by atoms with van der Waals surface area (Å²) in [7, 11) is 3.28. The Labute approximate surface area is 119 Å². The third-order valence-electron chi connectivity index (χ3n) is 2.82. The molecule has 6 nitrogen and oxygen atoms in total. The van der Waals surface area contributed by atoms with E-state index >= 15 is 0 Å². The van der Waals surface area contributed by atoms with Crippen molar-refractivity contribution < 1.29 is 9.59 Å². The van der Waals surface area contributed by atoms with E-state index in [4.69, 9.17) is 0 Å². The molecule has 1 rings (SSSR count). The van der Waals surface area contributed by atoms with Crippen molar-refractivity contribution in [3.8, 4) is 0 Å². The SMILES string of the molecule is CC(C)[C@H](NC(=O)N(C)C)C(=O)NCc1cccnc1. The maximum atomic E-state index is 12.2. The van der Waals surface area contributed by atoms with E-state index in [9.17, 15) is 9.59 Å². The average Bonchev–Trinajstić information content (AvgIpc) is 2.42. The summed E-state index contributed by atoms with van der Waals surface area (Å²) in [5.74, 6) is -0.188. The Bertz CT molecular complexity index is 446. The number of aromatic nitrogens is 1. The van der Waals surface area contributed by atoms with E-state index in [-0.39, 0.29) is 17.9 Å². The van der Waals surface area contributed by atoms with E-state index in [1.165, 1.54) is 4.90 Å². The topological polar surface area (TPSA) is 74.3 Å². The van der Waals surface area contributed by atoms with Gasteiger partial charge in [-0.15, -0.1) is 0 Å². The molecule has 2 N–H and O–H groups in total. The van der Waals surface area contributed by atoms with E-state index in [0.29, 0.717) is 6.54 Å². The Kier molecular flexibility index (Phi) is 5.96. The van der Waals surface area contributed by atoms with Crippen molar-refractivity contribution in [2.45, 2.75) is 26.4 Å². The van der Waals surface area contributed by atoms with Crippen molar-refractivity contribution in [1.82, 2.24) is 20.5 Å². The molecule has 0 aliphatic rings. The van der Waals surface area contributed by atoms with E-state index in [1.807, 2.05) is 26.0 Å². The highest BCUT2D eigenvalue weighted by Crippen LogP contribution is 2.03. The van der Waals surface area contributed by atoms with Crippen LogP contribution >= 0.6 is 0 Å². The smallest absolute Gasteiger partial charge is 0.317 e. The summed E-state index contributed by atoms with van der Waals surface area (Å²) < 4.78 is 0. The fraction of sp³-hybridized carbons (Fsp3) is 0.500. The maximum Gasteiger partial charge on any atom is 0.317 e. The van der Waals surface area contributed by atoms with Crippen LogP contribution in [0.5, 0.6) is 0 Å². The normalized spacial score (nSPS) is 11.8. The number of nitrogens with zero attached hydrogens (tertiary/aromatic N) is 2. The Morgan fingerprint density at radius 2 is 2.05 bits per heavy atom. The minimum Gasteiger partial charge on any atom is -0.350 e. The van der Waals surface area contributed by atoms with Gasteiger partial charge in [-0.25, -0.2) is 4.79 Å². The lowest BCUT2D eigenvalue weighted by Gasteiger charge is -2.23. The molecule has 110 valence electrons. The molecule has 0 spiro atoms. The summed E-state index contributed by atoms with van der Waals surface area (Å²) in [6, 6.07) is 2.87. The molecule has 6 heteroatoms. The van der Waals surface area contributed by atoms with Gasteiger partial charge in [-0.1, -0.05) is 19.9 Å². The quantitative estimate of drug-likeness (QED) is 0.843. The van der Waals surface area contributed by atoms with Gasteiger partial charge in [0.2, 0.25) is 5.91 Å². The Balaban J connectivity index is 2.58. The minimum atomic E-state index is -0.554. The predicted molar refractivity (Wildman–Crippen MR) is 76.9 cm³/mol. The van der Waals surface area contributed by atoms with Crippen LogP contribution in [-0.2, 0) is 11.3 Å². The van der Waals surface area contributed by atoms with Gasteiger partial charge in [0.25, 0.3) is 0 Å². The van der Waals surface area contributed by atoms with Crippen LogP contribution in [-0.4, -0.2) is 42.0 Å². The van der Waals surface area contributed by atoms with Crippen LogP contribution in [0.15, 0.2) is 24.5 Å². The molecule has 0 unspecified atom stereocenters. The summed E-state index contributed by atoms with van der Waals surface area (Å²) in [6.45, 7) is 4.18. The van der Waals surface area contributed by atoms with Gasteiger partial charge in [0.1, 0.15) is 6.04 Å². The third kappa shape index (κ3) is 4.87. The predicted octanol–water partition coefficient (Wildman–Crippen LogP) is 0.994. The Morgan fingerprint density at radius 3 is 2.55 bits per heavy atom. The monoisotopic (exact) mass is 278 g/mol. The van der Waals surface area contributed by atoms with Crippen LogP contribution in [0.2, 0.25) is 0 Å². The zero-order valence-electron chi connectivity index (χ0n) is 12.4. The highest BCUT2D eigenvalue weighted by Gasteiger charge is 2.24. The van der Waals surface area contributed by atoms with Gasteiger partial charge in [0.05, 0.1) is 0 Å². The van der Waals surface area contributed by atoms with Gasteiger partial charge < -0.3 is 15.5 Å². The largest absolute Gasteiger partial charge is 0.350 e. The molecule has 1 aromatic rings. The summed E-state index contributed by atoms with van der Waals surface area (Å²) in [5, 5.41) is 5.52. The summed E-state index contributed by atoms with van der Waals surface area (Å²) >= 11 is 0. The third-order valence-corrected chi connectivity index (χ3v) is 2.82. The number of hydrogen-bond acceptors (Lipinski definition) is 3. The highest BCUT2D eigenvalue weighted by atomic mass is 16.2. The number of rotatable bonds is 5. The molecule has 0 fully saturated rings. The van der Waals surface area contributed by atoms with Crippen molar-refractivity contribution >= 4 is 11.9 Å². The second kappa shape index (κ2) is 7.47. The molecule has 20 heavy (non-hydrogen) atoms. The van der Waals surface area contributed by atoms with Gasteiger partial charge in [0, 0.05) is 33.0 Å². The molecule has 0 bridgehead atoms. The van der Waals surface area contributed by atoms with Gasteiger partial charge in [-0.3, -0.25) is 9.78 Å². The molecule has 0 aromatic carbocycles. The van der Waals surface area contributed by atoms with Gasteiger partial charge >= 0.3 is 6.03 Å². The zero-order valence-corrected chi connectivity index (χ0v) is 12.4. The van der Waals surface area contributed by atoms with E-state index in [2.05, 4.69) is 15.6 Å². The van der Waals surface area contributed by atoms with Crippen molar-refractivity contribution in [3.63, 3.8) is 0 Å². The summed E-state index contributed by atoms with van der Waals surface area (Å²) in [4.78, 5) is 29.2. The van der Waals surface area contributed by atoms with Crippen molar-refractivity contribution in [2.24, 2.45) is 5.92 Å². The van der Waals surface area contributed by atoms with Crippen LogP contribution in [0.3, 0.4) is 0 Å². The first kappa shape index (κ1) is 15.9. The Morgan fingerprint density at radius 1 is 1.35 bits per heavy atom. The first-order valence-corrected chi connectivity index (χ1v) is 6.56. The van der Waals surface area contributed by atoms with Gasteiger partial charge in [-0.05, 0) is 17.5 Å². The lowest BCUT2D eigenvalue weighted by Crippen LogP contribution is -2.52. The zero-order chi connectivity index (χ0) is 15.1. The van der Waals surface area contributed by atoms with Crippen LogP contribution in [0.25, 0.3) is 0 Å². The van der Waals surface area contributed by atoms with Crippen molar-refractivity contribution in [1.29, 1.82) is 0 Å². The molecule has 3 amide bonds. The molecule has 0 saturated carbocycles. The van der Waals surface area contributed by atoms with Crippen LogP contribution in [0.4, 0.5) is 4.79 Å². The molecular formula is C14H22N4O2. The van der Waals surface area contributed by atoms with Crippen molar-refractivity contribution in [3.05, 3.63) is 30.1 Å². The maximum absolute atomic E-state index is 12.2. The van der Waals surface area contributed by atoms with E-state index in [1.54, 1.807) is 26.5 Å². The molecule has 0 radical (unpaired) electrons. The first-order valence-electron chi connectivity index (χ1n) is 6.56. The van der Waals surface area contributed by atoms with Crippen LogP contribution in [0, 0.1) is 5.92 Å². The number of pyridine rings is 1. The van der Waals surface area contributed by atoms with Crippen molar-refractivity contribution in [2.75, 3.05) is 14.1 Å². The molecule has 0 aliphatic heterocycles. The number of urea groups is 1. The fourth-order valence-electron chi connectivity index (χ4n) is 1.60. The van der Waals surface area contributed by atoms with Gasteiger partial charge in [0.15, 0.2) is 0 Å². The molecule has 1 atom stereocenters. The van der Waals surface area contributed by atoms with Gasteiger partial charge in [-0.2, -0.15) is 0 Å². The van der Waals surface area contributed by atoms with E-state index < -0.39 is 6.04 Å². The Hall–Kier alpha value is -2.11. The number of carbonyl (C=O) groups is 2. The number of amides is 3. The summed E-state index contributed by atoms with van der Waals surface area (Å²) in [6.07, 6.45) is 3.38. The van der Waals surface area contributed by atoms with E-state index in [0.717, 1.165) is 5.56 Å². The van der Waals surface area contributed by atoms with Crippen LogP contribution < -0.4 is 10.6 Å². The number of hydrogen-bond donors (Lipinski definition) is 2. The number of nitrogens with one attached hydrogen (secondary N) is 2. The second-order valence-corrected chi connectivity index (χ2v) is 5.14. The molecule has 1 aromatic heterocycles. The average molecular weight is 278 g/mol. The molecule has 0 saturated heterocycles. The minimum absolute atomic E-state index is 0.00722. The van der Waals surface area contributed by atoms with Crippen LogP contribution in [0.1, 0.15) is 19.4 Å². The molecule has 0 aliphatic carbocycles. The molecular weight excluding hydrogens is 256 g/mol. The summed E-state index contributed by atoms with van der Waals surface area (Å²) in [5.41, 5.74) is 0.919. The second-order valence-electron chi connectivity index (χ2n) is 5.14. The molecule has 1 heterocycles. The lowest BCUT2D eigenvalue weighted by atomic mass is 10.0. The number of carbonyl (C=O) groups excluding carboxylic acids is 2. The lowest BCUT2D eigenvalue weighted by molar-refractivity contribution is -0.124. The standard InChI is InChI=1S/C14H22N4O2/c1-10(2)12(17-14(20)18(3)4)13(19)16-9-11-6-5-7-15-8-11/h5-8,10,12H,9H2,1-4H3,(H,16,19)(H,17,20)/t12-/m0/s1. The highest BCUT2D eigenvalue weighted by molar-refractivity contribution is 5.87. The first-order chi connectivity index (χ1) is 9.41. The fourth-order valence-corrected chi connectivity index (χ4v) is 1.60.